The summed E-state index contributed by atoms with van der Waals surface area (Å²) >= 11 is 0. The predicted octanol–water partition coefficient (Wildman–Crippen LogP) is 3.21. The Morgan fingerprint density at radius 1 is 1.35 bits per heavy atom. The number of hydrogen-bond acceptors (Lipinski definition) is 5. The molecule has 1 amide bonds. The predicted molar refractivity (Wildman–Crippen MR) is 84.9 cm³/mol. The van der Waals surface area contributed by atoms with Gasteiger partial charge in [-0.1, -0.05) is 12.1 Å². The summed E-state index contributed by atoms with van der Waals surface area (Å²) in [5.41, 5.74) is 0.866. The third-order valence-electron chi connectivity index (χ3n) is 4.20. The minimum Gasteiger partial charge on any atom is -0.497 e. The Hall–Kier alpha value is -2.37. The van der Waals surface area contributed by atoms with Gasteiger partial charge in [0.1, 0.15) is 11.8 Å². The standard InChI is InChI=1S/C17H21N3O3/c1-3-15(21)20-11-5-4-6-14(20)17-18-16(19-23-17)12-7-9-13(22-2)10-8-12/h7-10,14H,3-6,11H2,1-2H3/t14-/m1/s1. The lowest BCUT2D eigenvalue weighted by Crippen LogP contribution is -2.38. The van der Waals surface area contributed by atoms with Crippen LogP contribution >= 0.6 is 0 Å². The molecule has 0 N–H and O–H groups in total. The minimum absolute atomic E-state index is 0.101. The molecule has 6 nitrogen and oxygen atoms in total. The zero-order valence-electron chi connectivity index (χ0n) is 13.5. The summed E-state index contributed by atoms with van der Waals surface area (Å²) in [4.78, 5) is 18.5. The number of amides is 1. The molecule has 122 valence electrons. The Balaban J connectivity index is 1.83. The van der Waals surface area contributed by atoms with Crippen molar-refractivity contribution in [2.45, 2.75) is 38.6 Å². The smallest absolute Gasteiger partial charge is 0.249 e. The molecule has 1 saturated heterocycles. The van der Waals surface area contributed by atoms with Crippen molar-refractivity contribution in [3.63, 3.8) is 0 Å². The monoisotopic (exact) mass is 315 g/mol. The van der Waals surface area contributed by atoms with E-state index in [1.54, 1.807) is 7.11 Å². The number of benzene rings is 1. The SMILES string of the molecule is CCC(=O)N1CCCC[C@@H]1c1nc(-c2ccc(OC)cc2)no1. The first-order valence-corrected chi connectivity index (χ1v) is 8.00. The topological polar surface area (TPSA) is 68.5 Å². The zero-order valence-corrected chi connectivity index (χ0v) is 13.5. The molecule has 1 aliphatic heterocycles. The highest BCUT2D eigenvalue weighted by molar-refractivity contribution is 5.76. The zero-order chi connectivity index (χ0) is 16.2. The highest BCUT2D eigenvalue weighted by Gasteiger charge is 2.31. The average molecular weight is 315 g/mol. The van der Waals surface area contributed by atoms with Crippen LogP contribution in [0.15, 0.2) is 28.8 Å². The third kappa shape index (κ3) is 3.21. The first-order valence-electron chi connectivity index (χ1n) is 8.00. The summed E-state index contributed by atoms with van der Waals surface area (Å²) in [6.45, 7) is 2.64. The lowest BCUT2D eigenvalue weighted by Gasteiger charge is -2.33. The molecule has 0 unspecified atom stereocenters. The van der Waals surface area contributed by atoms with Gasteiger partial charge in [-0.25, -0.2) is 0 Å². The Labute approximate surface area is 135 Å². The number of nitrogens with zero attached hydrogens (tertiary/aromatic N) is 3. The summed E-state index contributed by atoms with van der Waals surface area (Å²) in [5, 5.41) is 4.07. The van der Waals surface area contributed by atoms with Gasteiger partial charge in [-0.15, -0.1) is 0 Å². The summed E-state index contributed by atoms with van der Waals surface area (Å²) in [7, 11) is 1.63. The second kappa shape index (κ2) is 6.81. The van der Waals surface area contributed by atoms with Crippen LogP contribution < -0.4 is 4.74 Å². The van der Waals surface area contributed by atoms with E-state index in [-0.39, 0.29) is 11.9 Å². The van der Waals surface area contributed by atoms with Crippen molar-refractivity contribution in [1.29, 1.82) is 0 Å². The van der Waals surface area contributed by atoms with E-state index >= 15 is 0 Å². The van der Waals surface area contributed by atoms with Gasteiger partial charge in [0.25, 0.3) is 0 Å². The van der Waals surface area contributed by atoms with E-state index < -0.39 is 0 Å². The molecule has 1 aliphatic rings. The van der Waals surface area contributed by atoms with Crippen LogP contribution in [0.2, 0.25) is 0 Å². The summed E-state index contributed by atoms with van der Waals surface area (Å²) in [6.07, 6.45) is 3.46. The fraction of sp³-hybridized carbons (Fsp3) is 0.471. The van der Waals surface area contributed by atoms with E-state index in [9.17, 15) is 4.79 Å². The molecule has 0 bridgehead atoms. The normalized spacial score (nSPS) is 18.0. The number of methoxy groups -OCH3 is 1. The van der Waals surface area contributed by atoms with Gasteiger partial charge in [0.15, 0.2) is 0 Å². The number of carbonyl (C=O) groups is 1. The Bertz CT molecular complexity index is 666. The number of carbonyl (C=O) groups excluding carboxylic acids is 1. The third-order valence-corrected chi connectivity index (χ3v) is 4.20. The maximum Gasteiger partial charge on any atom is 0.249 e. The van der Waals surface area contributed by atoms with Gasteiger partial charge in [0, 0.05) is 18.5 Å². The average Bonchev–Trinajstić information content (AvgIpc) is 3.11. The maximum atomic E-state index is 12.1. The molecule has 1 aromatic heterocycles. The number of ether oxygens (including phenoxy) is 1. The molecule has 1 atom stereocenters. The van der Waals surface area contributed by atoms with Crippen LogP contribution in [0, 0.1) is 0 Å². The first kappa shape index (κ1) is 15.5. The largest absolute Gasteiger partial charge is 0.497 e. The molecular formula is C17H21N3O3. The lowest BCUT2D eigenvalue weighted by molar-refractivity contribution is -0.135. The van der Waals surface area contributed by atoms with E-state index in [1.165, 1.54) is 0 Å². The molecule has 1 aromatic carbocycles. The Morgan fingerprint density at radius 2 is 2.13 bits per heavy atom. The van der Waals surface area contributed by atoms with Gasteiger partial charge < -0.3 is 14.2 Å². The van der Waals surface area contributed by atoms with Crippen molar-refractivity contribution in [1.82, 2.24) is 15.0 Å². The molecule has 1 fully saturated rings. The first-order chi connectivity index (χ1) is 11.2. The molecule has 3 rings (SSSR count). The van der Waals surface area contributed by atoms with Gasteiger partial charge in [-0.3, -0.25) is 4.79 Å². The minimum atomic E-state index is -0.101. The molecular weight excluding hydrogens is 294 g/mol. The van der Waals surface area contributed by atoms with Crippen molar-refractivity contribution in [2.75, 3.05) is 13.7 Å². The van der Waals surface area contributed by atoms with Crippen molar-refractivity contribution in [3.05, 3.63) is 30.2 Å². The second-order valence-electron chi connectivity index (χ2n) is 5.64. The van der Waals surface area contributed by atoms with Gasteiger partial charge >= 0.3 is 0 Å². The van der Waals surface area contributed by atoms with Crippen molar-refractivity contribution < 1.29 is 14.1 Å². The quantitative estimate of drug-likeness (QED) is 0.866. The van der Waals surface area contributed by atoms with Crippen LogP contribution in [0.25, 0.3) is 11.4 Å². The van der Waals surface area contributed by atoms with Crippen molar-refractivity contribution >= 4 is 5.91 Å². The Kier molecular flexibility index (Phi) is 4.60. The second-order valence-corrected chi connectivity index (χ2v) is 5.64. The molecule has 0 spiro atoms. The van der Waals surface area contributed by atoms with E-state index in [4.69, 9.17) is 9.26 Å². The van der Waals surface area contributed by atoms with Crippen LogP contribution in [0.1, 0.15) is 44.5 Å². The molecule has 2 heterocycles. The van der Waals surface area contributed by atoms with Crippen molar-refractivity contribution in [2.24, 2.45) is 0 Å². The van der Waals surface area contributed by atoms with Crippen LogP contribution in [-0.2, 0) is 4.79 Å². The van der Waals surface area contributed by atoms with Crippen molar-refractivity contribution in [3.8, 4) is 17.1 Å². The van der Waals surface area contributed by atoms with E-state index in [0.717, 1.165) is 37.1 Å². The van der Waals surface area contributed by atoms with Crippen LogP contribution in [-0.4, -0.2) is 34.6 Å². The van der Waals surface area contributed by atoms with Gasteiger partial charge in [0.05, 0.1) is 7.11 Å². The number of aromatic nitrogens is 2. The Morgan fingerprint density at radius 3 is 2.83 bits per heavy atom. The van der Waals surface area contributed by atoms with E-state index in [1.807, 2.05) is 36.1 Å². The number of piperidine rings is 1. The molecule has 0 aliphatic carbocycles. The highest BCUT2D eigenvalue weighted by atomic mass is 16.5. The lowest BCUT2D eigenvalue weighted by atomic mass is 10.0. The highest BCUT2D eigenvalue weighted by Crippen LogP contribution is 2.31. The molecule has 0 radical (unpaired) electrons. The number of hydrogen-bond donors (Lipinski definition) is 0. The summed E-state index contributed by atoms with van der Waals surface area (Å²) in [6, 6.07) is 7.40. The van der Waals surface area contributed by atoms with Crippen LogP contribution in [0.3, 0.4) is 0 Å². The summed E-state index contributed by atoms with van der Waals surface area (Å²) < 4.78 is 10.6. The maximum absolute atomic E-state index is 12.1. The fourth-order valence-electron chi connectivity index (χ4n) is 2.92. The van der Waals surface area contributed by atoms with E-state index in [2.05, 4.69) is 10.1 Å². The summed E-state index contributed by atoms with van der Waals surface area (Å²) in [5.74, 6) is 1.98. The fourth-order valence-corrected chi connectivity index (χ4v) is 2.92. The number of rotatable bonds is 4. The van der Waals surface area contributed by atoms with Gasteiger partial charge in [-0.05, 0) is 43.5 Å². The van der Waals surface area contributed by atoms with Gasteiger partial charge in [-0.2, -0.15) is 4.98 Å². The molecule has 0 saturated carbocycles. The molecule has 6 heteroatoms. The molecule has 23 heavy (non-hydrogen) atoms. The van der Waals surface area contributed by atoms with Gasteiger partial charge in [0.2, 0.25) is 17.6 Å². The number of likely N-dealkylation sites (tertiary alicyclic amines) is 1. The molecule has 2 aromatic rings. The van der Waals surface area contributed by atoms with Crippen LogP contribution in [0.4, 0.5) is 0 Å². The van der Waals surface area contributed by atoms with E-state index in [0.29, 0.717) is 18.1 Å². The van der Waals surface area contributed by atoms with Crippen LogP contribution in [0.5, 0.6) is 5.75 Å².